The number of pyridine rings is 1. The Balaban J connectivity index is 2.33. The first-order chi connectivity index (χ1) is 10.0. The fraction of sp³-hybridized carbons (Fsp3) is 0.389. The lowest BCUT2D eigenvalue weighted by atomic mass is 9.91. The van der Waals surface area contributed by atoms with Crippen molar-refractivity contribution in [3.05, 3.63) is 66.0 Å². The molecular formula is C18H25N3. The van der Waals surface area contributed by atoms with Crippen LogP contribution in [0.2, 0.25) is 0 Å². The summed E-state index contributed by atoms with van der Waals surface area (Å²) in [6.45, 7) is 5.98. The van der Waals surface area contributed by atoms with Crippen LogP contribution < -0.4 is 5.73 Å². The highest BCUT2D eigenvalue weighted by atomic mass is 15.1. The maximum atomic E-state index is 5.89. The van der Waals surface area contributed by atoms with E-state index >= 15 is 0 Å². The number of benzene rings is 1. The van der Waals surface area contributed by atoms with Gasteiger partial charge in [0, 0.05) is 12.7 Å². The molecule has 0 saturated carbocycles. The molecule has 2 aromatic rings. The van der Waals surface area contributed by atoms with Gasteiger partial charge in [0.25, 0.3) is 0 Å². The van der Waals surface area contributed by atoms with E-state index in [1.165, 1.54) is 5.56 Å². The lowest BCUT2D eigenvalue weighted by molar-refractivity contribution is 0.182. The van der Waals surface area contributed by atoms with Crippen LogP contribution in [-0.4, -0.2) is 30.0 Å². The van der Waals surface area contributed by atoms with Crippen LogP contribution in [0.15, 0.2) is 54.7 Å². The molecule has 3 nitrogen and oxygen atoms in total. The van der Waals surface area contributed by atoms with Crippen molar-refractivity contribution < 1.29 is 0 Å². The van der Waals surface area contributed by atoms with Gasteiger partial charge in [-0.2, -0.15) is 0 Å². The molecule has 0 aliphatic heterocycles. The molecule has 0 saturated heterocycles. The van der Waals surface area contributed by atoms with E-state index in [1.54, 1.807) is 0 Å². The summed E-state index contributed by atoms with van der Waals surface area (Å²) in [5.74, 6) is 0. The Morgan fingerprint density at radius 2 is 1.76 bits per heavy atom. The van der Waals surface area contributed by atoms with Gasteiger partial charge in [-0.05, 0) is 36.7 Å². The summed E-state index contributed by atoms with van der Waals surface area (Å²) >= 11 is 0. The summed E-state index contributed by atoms with van der Waals surface area (Å²) in [5, 5.41) is 0. The van der Waals surface area contributed by atoms with E-state index in [2.05, 4.69) is 61.1 Å². The van der Waals surface area contributed by atoms with Crippen molar-refractivity contribution in [3.63, 3.8) is 0 Å². The summed E-state index contributed by atoms with van der Waals surface area (Å²) in [6.07, 6.45) is 1.85. The summed E-state index contributed by atoms with van der Waals surface area (Å²) < 4.78 is 0. The molecule has 3 heteroatoms. The second kappa shape index (κ2) is 6.83. The van der Waals surface area contributed by atoms with Crippen molar-refractivity contribution in [3.8, 4) is 0 Å². The molecule has 0 spiro atoms. The van der Waals surface area contributed by atoms with Crippen LogP contribution in [0, 0.1) is 5.41 Å². The monoisotopic (exact) mass is 283 g/mol. The molecule has 1 aromatic carbocycles. The predicted molar refractivity (Wildman–Crippen MR) is 88.0 cm³/mol. The topological polar surface area (TPSA) is 42.1 Å². The summed E-state index contributed by atoms with van der Waals surface area (Å²) in [6, 6.07) is 16.7. The molecule has 0 bridgehead atoms. The zero-order valence-corrected chi connectivity index (χ0v) is 13.2. The lowest BCUT2D eigenvalue weighted by Crippen LogP contribution is -2.39. The van der Waals surface area contributed by atoms with Gasteiger partial charge in [0.2, 0.25) is 0 Å². The average molecular weight is 283 g/mol. The predicted octanol–water partition coefficient (Wildman–Crippen LogP) is 3.09. The van der Waals surface area contributed by atoms with Crippen LogP contribution >= 0.6 is 0 Å². The third-order valence-electron chi connectivity index (χ3n) is 3.75. The minimum Gasteiger partial charge on any atom is -0.330 e. The maximum absolute atomic E-state index is 5.89. The van der Waals surface area contributed by atoms with E-state index in [0.717, 1.165) is 12.2 Å². The van der Waals surface area contributed by atoms with Gasteiger partial charge in [0.1, 0.15) is 0 Å². The van der Waals surface area contributed by atoms with Gasteiger partial charge in [0.05, 0.1) is 11.7 Å². The SMILES string of the molecule is CN(CC(C)(C)CN)C(c1ccccc1)c1ccccn1. The number of nitrogens with zero attached hydrogens (tertiary/aromatic N) is 2. The van der Waals surface area contributed by atoms with Gasteiger partial charge in [-0.15, -0.1) is 0 Å². The van der Waals surface area contributed by atoms with Crippen LogP contribution in [0.25, 0.3) is 0 Å². The van der Waals surface area contributed by atoms with Gasteiger partial charge >= 0.3 is 0 Å². The molecule has 1 aromatic heterocycles. The normalized spacial score (nSPS) is 13.4. The molecule has 2 rings (SSSR count). The van der Waals surface area contributed by atoms with Crippen LogP contribution in [0.4, 0.5) is 0 Å². The zero-order chi connectivity index (χ0) is 15.3. The minimum absolute atomic E-state index is 0.0799. The van der Waals surface area contributed by atoms with Crippen LogP contribution in [0.5, 0.6) is 0 Å². The Hall–Kier alpha value is -1.71. The van der Waals surface area contributed by atoms with Crippen molar-refractivity contribution in [1.29, 1.82) is 0 Å². The Morgan fingerprint density at radius 1 is 1.10 bits per heavy atom. The lowest BCUT2D eigenvalue weighted by Gasteiger charge is -2.34. The van der Waals surface area contributed by atoms with E-state index in [4.69, 9.17) is 5.73 Å². The molecule has 0 amide bonds. The van der Waals surface area contributed by atoms with Gasteiger partial charge in [-0.3, -0.25) is 9.88 Å². The first-order valence-corrected chi connectivity index (χ1v) is 7.40. The van der Waals surface area contributed by atoms with Gasteiger partial charge in [-0.1, -0.05) is 50.2 Å². The van der Waals surface area contributed by atoms with Crippen LogP contribution in [-0.2, 0) is 0 Å². The Labute approximate surface area is 127 Å². The summed E-state index contributed by atoms with van der Waals surface area (Å²) in [5.41, 5.74) is 8.29. The second-order valence-electron chi connectivity index (χ2n) is 6.35. The Bertz CT molecular complexity index is 497. The zero-order valence-electron chi connectivity index (χ0n) is 13.2. The number of hydrogen-bond acceptors (Lipinski definition) is 3. The van der Waals surface area contributed by atoms with Crippen molar-refractivity contribution in [2.75, 3.05) is 20.1 Å². The molecule has 2 N–H and O–H groups in total. The van der Waals surface area contributed by atoms with Gasteiger partial charge in [-0.25, -0.2) is 0 Å². The molecule has 1 atom stereocenters. The molecule has 0 radical (unpaired) electrons. The highest BCUT2D eigenvalue weighted by Gasteiger charge is 2.25. The number of nitrogens with two attached hydrogens (primary N) is 1. The van der Waals surface area contributed by atoms with Gasteiger partial charge in [0.15, 0.2) is 0 Å². The smallest absolute Gasteiger partial charge is 0.0774 e. The van der Waals surface area contributed by atoms with Gasteiger partial charge < -0.3 is 5.73 Å². The van der Waals surface area contributed by atoms with Crippen LogP contribution in [0.1, 0.15) is 31.1 Å². The van der Waals surface area contributed by atoms with E-state index in [1.807, 2.05) is 24.4 Å². The molecular weight excluding hydrogens is 258 g/mol. The average Bonchev–Trinajstić information content (AvgIpc) is 2.49. The number of rotatable bonds is 6. The molecule has 112 valence electrons. The van der Waals surface area contributed by atoms with Crippen molar-refractivity contribution >= 4 is 0 Å². The van der Waals surface area contributed by atoms with E-state index < -0.39 is 0 Å². The fourth-order valence-electron chi connectivity index (χ4n) is 2.66. The highest BCUT2D eigenvalue weighted by molar-refractivity contribution is 5.27. The van der Waals surface area contributed by atoms with E-state index in [0.29, 0.717) is 6.54 Å². The molecule has 1 unspecified atom stereocenters. The second-order valence-corrected chi connectivity index (χ2v) is 6.35. The molecule has 21 heavy (non-hydrogen) atoms. The molecule has 1 heterocycles. The molecule has 0 aliphatic carbocycles. The molecule has 0 fully saturated rings. The first kappa shape index (κ1) is 15.7. The molecule has 0 aliphatic rings. The van der Waals surface area contributed by atoms with E-state index in [-0.39, 0.29) is 11.5 Å². The highest BCUT2D eigenvalue weighted by Crippen LogP contribution is 2.28. The largest absolute Gasteiger partial charge is 0.330 e. The number of hydrogen-bond donors (Lipinski definition) is 1. The quantitative estimate of drug-likeness (QED) is 0.886. The summed E-state index contributed by atoms with van der Waals surface area (Å²) in [7, 11) is 2.14. The fourth-order valence-corrected chi connectivity index (χ4v) is 2.66. The standard InChI is InChI=1S/C18H25N3/c1-18(2,13-19)14-21(3)17(15-9-5-4-6-10-15)16-11-7-8-12-20-16/h4-12,17H,13-14,19H2,1-3H3. The minimum atomic E-state index is 0.0799. The maximum Gasteiger partial charge on any atom is 0.0774 e. The van der Waals surface area contributed by atoms with Crippen molar-refractivity contribution in [2.45, 2.75) is 19.9 Å². The Kier molecular flexibility index (Phi) is 5.10. The van der Waals surface area contributed by atoms with Crippen LogP contribution in [0.3, 0.4) is 0 Å². The van der Waals surface area contributed by atoms with Crippen molar-refractivity contribution in [2.24, 2.45) is 11.1 Å². The van der Waals surface area contributed by atoms with Crippen molar-refractivity contribution in [1.82, 2.24) is 9.88 Å². The Morgan fingerprint density at radius 3 is 2.33 bits per heavy atom. The summed E-state index contributed by atoms with van der Waals surface area (Å²) in [4.78, 5) is 6.90. The third-order valence-corrected chi connectivity index (χ3v) is 3.75. The van der Waals surface area contributed by atoms with E-state index in [9.17, 15) is 0 Å². The first-order valence-electron chi connectivity index (χ1n) is 7.40. The third kappa shape index (κ3) is 4.13. The number of aromatic nitrogens is 1.